The Morgan fingerprint density at radius 2 is 1.77 bits per heavy atom. The minimum atomic E-state index is -0.227. The SMILES string of the molecule is CCOc1ccc(/C=C/C(=O)N(Cc2ccccc2)Cc2nc3ccccc3c(=O)[nH]2)cc1OC. The molecule has 4 rings (SSSR count). The number of hydrogen-bond acceptors (Lipinski definition) is 5. The maximum atomic E-state index is 13.3. The fourth-order valence-electron chi connectivity index (χ4n) is 3.74. The molecule has 1 heterocycles. The highest BCUT2D eigenvalue weighted by atomic mass is 16.5. The van der Waals surface area contributed by atoms with Crippen molar-refractivity contribution >= 4 is 22.9 Å². The second kappa shape index (κ2) is 11.2. The van der Waals surface area contributed by atoms with E-state index in [0.29, 0.717) is 41.4 Å². The number of aromatic nitrogens is 2. The summed E-state index contributed by atoms with van der Waals surface area (Å²) in [6.45, 7) is 2.96. The quantitative estimate of drug-likeness (QED) is 0.363. The summed E-state index contributed by atoms with van der Waals surface area (Å²) in [4.78, 5) is 34.8. The average molecular weight is 470 g/mol. The molecular formula is C28H27N3O4. The van der Waals surface area contributed by atoms with Gasteiger partial charge in [-0.15, -0.1) is 0 Å². The van der Waals surface area contributed by atoms with Gasteiger partial charge in [-0.05, 0) is 48.4 Å². The molecule has 0 aliphatic carbocycles. The second-order valence-electron chi connectivity index (χ2n) is 7.89. The molecule has 0 fully saturated rings. The molecule has 0 unspecified atom stereocenters. The van der Waals surface area contributed by atoms with E-state index in [9.17, 15) is 9.59 Å². The first kappa shape index (κ1) is 23.8. The Morgan fingerprint density at radius 1 is 1.00 bits per heavy atom. The third-order valence-corrected chi connectivity index (χ3v) is 5.44. The lowest BCUT2D eigenvalue weighted by molar-refractivity contribution is -0.127. The summed E-state index contributed by atoms with van der Waals surface area (Å²) in [5.41, 5.74) is 2.14. The van der Waals surface area contributed by atoms with Crippen molar-refractivity contribution in [2.24, 2.45) is 0 Å². The van der Waals surface area contributed by atoms with Gasteiger partial charge in [-0.2, -0.15) is 0 Å². The monoisotopic (exact) mass is 469 g/mol. The largest absolute Gasteiger partial charge is 0.493 e. The Kier molecular flexibility index (Phi) is 7.57. The lowest BCUT2D eigenvalue weighted by Gasteiger charge is -2.21. The van der Waals surface area contributed by atoms with Crippen molar-refractivity contribution in [1.29, 1.82) is 0 Å². The summed E-state index contributed by atoms with van der Waals surface area (Å²) in [5.74, 6) is 1.46. The minimum absolute atomic E-state index is 0.157. The Labute approximate surface area is 203 Å². The van der Waals surface area contributed by atoms with Crippen LogP contribution in [0, 0.1) is 0 Å². The summed E-state index contributed by atoms with van der Waals surface area (Å²) >= 11 is 0. The van der Waals surface area contributed by atoms with Crippen molar-refractivity contribution in [1.82, 2.24) is 14.9 Å². The van der Waals surface area contributed by atoms with Gasteiger partial charge < -0.3 is 19.4 Å². The van der Waals surface area contributed by atoms with Gasteiger partial charge in [-0.3, -0.25) is 9.59 Å². The number of rotatable bonds is 9. The summed E-state index contributed by atoms with van der Waals surface area (Å²) in [6.07, 6.45) is 3.24. The van der Waals surface area contributed by atoms with Gasteiger partial charge in [0.1, 0.15) is 5.82 Å². The van der Waals surface area contributed by atoms with Gasteiger partial charge in [0, 0.05) is 12.6 Å². The van der Waals surface area contributed by atoms with E-state index in [2.05, 4.69) is 9.97 Å². The Morgan fingerprint density at radius 3 is 2.54 bits per heavy atom. The molecule has 7 nitrogen and oxygen atoms in total. The maximum Gasteiger partial charge on any atom is 0.258 e. The number of nitrogens with zero attached hydrogens (tertiary/aromatic N) is 2. The predicted molar refractivity (Wildman–Crippen MR) is 136 cm³/mol. The van der Waals surface area contributed by atoms with E-state index in [0.717, 1.165) is 11.1 Å². The standard InChI is InChI=1S/C28H27N3O4/c1-3-35-24-15-13-20(17-25(24)34-2)14-16-27(32)31(18-21-9-5-4-6-10-21)19-26-29-23-12-8-7-11-22(23)28(33)30-26/h4-17H,3,18-19H2,1-2H3,(H,29,30,33)/b16-14+. The van der Waals surface area contributed by atoms with E-state index in [1.807, 2.05) is 61.5 Å². The highest BCUT2D eigenvalue weighted by molar-refractivity contribution is 5.91. The van der Waals surface area contributed by atoms with Gasteiger partial charge in [0.15, 0.2) is 11.5 Å². The van der Waals surface area contributed by atoms with Crippen LogP contribution in [0.4, 0.5) is 0 Å². The summed E-state index contributed by atoms with van der Waals surface area (Å²) in [6, 6.07) is 22.3. The molecule has 35 heavy (non-hydrogen) atoms. The molecule has 0 aliphatic heterocycles. The summed E-state index contributed by atoms with van der Waals surface area (Å²) in [5, 5.41) is 0.515. The molecule has 0 saturated heterocycles. The van der Waals surface area contributed by atoms with E-state index in [1.54, 1.807) is 36.3 Å². The van der Waals surface area contributed by atoms with Crippen LogP contribution in [0.3, 0.4) is 0 Å². The number of benzene rings is 3. The summed E-state index contributed by atoms with van der Waals surface area (Å²) in [7, 11) is 1.58. The van der Waals surface area contributed by atoms with Gasteiger partial charge >= 0.3 is 0 Å². The van der Waals surface area contributed by atoms with Gasteiger partial charge in [0.05, 0.1) is 31.2 Å². The number of methoxy groups -OCH3 is 1. The zero-order valence-electron chi connectivity index (χ0n) is 19.7. The van der Waals surface area contributed by atoms with Crippen molar-refractivity contribution in [3.05, 3.63) is 106 Å². The molecule has 0 aliphatic rings. The van der Waals surface area contributed by atoms with Crippen molar-refractivity contribution in [2.45, 2.75) is 20.0 Å². The minimum Gasteiger partial charge on any atom is -0.493 e. The number of para-hydroxylation sites is 1. The van der Waals surface area contributed by atoms with Crippen LogP contribution in [0.5, 0.6) is 11.5 Å². The van der Waals surface area contributed by atoms with Gasteiger partial charge in [-0.25, -0.2) is 4.98 Å². The molecule has 178 valence electrons. The molecular weight excluding hydrogens is 442 g/mol. The van der Waals surface area contributed by atoms with Gasteiger partial charge in [0.2, 0.25) is 5.91 Å². The maximum absolute atomic E-state index is 13.3. The smallest absolute Gasteiger partial charge is 0.258 e. The molecule has 0 radical (unpaired) electrons. The number of nitrogens with one attached hydrogen (secondary N) is 1. The Balaban J connectivity index is 1.60. The molecule has 7 heteroatoms. The third kappa shape index (κ3) is 5.95. The van der Waals surface area contributed by atoms with Crippen molar-refractivity contribution in [2.75, 3.05) is 13.7 Å². The topological polar surface area (TPSA) is 84.5 Å². The van der Waals surface area contributed by atoms with Crippen molar-refractivity contribution in [3.63, 3.8) is 0 Å². The number of H-pyrrole nitrogens is 1. The second-order valence-corrected chi connectivity index (χ2v) is 7.89. The predicted octanol–water partition coefficient (Wildman–Crippen LogP) is 4.57. The van der Waals surface area contributed by atoms with E-state index in [-0.39, 0.29) is 18.0 Å². The highest BCUT2D eigenvalue weighted by Gasteiger charge is 2.15. The first-order chi connectivity index (χ1) is 17.1. The number of hydrogen-bond donors (Lipinski definition) is 1. The lowest BCUT2D eigenvalue weighted by Crippen LogP contribution is -2.30. The molecule has 0 atom stereocenters. The third-order valence-electron chi connectivity index (χ3n) is 5.44. The Bertz CT molecular complexity index is 1400. The van der Waals surface area contributed by atoms with E-state index < -0.39 is 0 Å². The van der Waals surface area contributed by atoms with E-state index in [4.69, 9.17) is 9.47 Å². The molecule has 4 aromatic rings. The fraction of sp³-hybridized carbons (Fsp3) is 0.179. The number of carbonyl (C=O) groups excluding carboxylic acids is 1. The highest BCUT2D eigenvalue weighted by Crippen LogP contribution is 2.28. The van der Waals surface area contributed by atoms with Crippen LogP contribution in [0.2, 0.25) is 0 Å². The van der Waals surface area contributed by atoms with Crippen LogP contribution in [0.15, 0.2) is 83.7 Å². The molecule has 0 spiro atoms. The van der Waals surface area contributed by atoms with Crippen LogP contribution in [-0.4, -0.2) is 34.5 Å². The van der Waals surface area contributed by atoms with Crippen molar-refractivity contribution in [3.8, 4) is 11.5 Å². The van der Waals surface area contributed by atoms with E-state index >= 15 is 0 Å². The normalized spacial score (nSPS) is 11.0. The first-order valence-electron chi connectivity index (χ1n) is 11.4. The van der Waals surface area contributed by atoms with Crippen LogP contribution in [-0.2, 0) is 17.9 Å². The summed E-state index contributed by atoms with van der Waals surface area (Å²) < 4.78 is 11.0. The van der Waals surface area contributed by atoms with E-state index in [1.165, 1.54) is 6.08 Å². The average Bonchev–Trinajstić information content (AvgIpc) is 2.88. The van der Waals surface area contributed by atoms with Gasteiger partial charge in [0.25, 0.3) is 5.56 Å². The van der Waals surface area contributed by atoms with Crippen molar-refractivity contribution < 1.29 is 14.3 Å². The lowest BCUT2D eigenvalue weighted by atomic mass is 10.1. The molecule has 1 amide bonds. The number of ether oxygens (including phenoxy) is 2. The van der Waals surface area contributed by atoms with Gasteiger partial charge in [-0.1, -0.05) is 48.5 Å². The molecule has 1 aromatic heterocycles. The fourth-order valence-corrected chi connectivity index (χ4v) is 3.74. The number of fused-ring (bicyclic) bond motifs is 1. The molecule has 1 N–H and O–H groups in total. The molecule has 0 saturated carbocycles. The van der Waals surface area contributed by atoms with Crippen LogP contribution in [0.25, 0.3) is 17.0 Å². The Hall–Kier alpha value is -4.39. The molecule has 3 aromatic carbocycles. The van der Waals surface area contributed by atoms with Crippen LogP contribution < -0.4 is 15.0 Å². The zero-order valence-corrected chi connectivity index (χ0v) is 19.7. The number of amides is 1. The van der Waals surface area contributed by atoms with Crippen LogP contribution in [0.1, 0.15) is 23.9 Å². The number of aromatic amines is 1. The number of carbonyl (C=O) groups is 1. The van der Waals surface area contributed by atoms with Crippen LogP contribution >= 0.6 is 0 Å². The zero-order chi connectivity index (χ0) is 24.6. The first-order valence-corrected chi connectivity index (χ1v) is 11.4. The molecule has 0 bridgehead atoms.